The van der Waals surface area contributed by atoms with Crippen molar-refractivity contribution in [3.05, 3.63) is 64.7 Å². The van der Waals surface area contributed by atoms with Gasteiger partial charge in [0, 0.05) is 11.1 Å². The van der Waals surface area contributed by atoms with E-state index in [-0.39, 0.29) is 17.7 Å². The zero-order chi connectivity index (χ0) is 19.5. The fraction of sp³-hybridized carbons (Fsp3) is 0.125. The number of hydrogen-bond acceptors (Lipinski definition) is 3. The summed E-state index contributed by atoms with van der Waals surface area (Å²) >= 11 is 0. The second-order valence-corrected chi connectivity index (χ2v) is 5.02. The van der Waals surface area contributed by atoms with Crippen LogP contribution in [0.3, 0.4) is 0 Å². The lowest BCUT2D eigenvalue weighted by Gasteiger charge is -2.15. The molecule has 0 atom stereocenters. The molecule has 2 aromatic rings. The SMILES string of the molecule is O=C(N/N=C/c1c(O)cc(C(F)(F)F)cc1C(F)(F)F)c1ccccc1. The first-order valence-electron chi connectivity index (χ1n) is 6.90. The summed E-state index contributed by atoms with van der Waals surface area (Å²) in [5.74, 6) is -2.02. The lowest BCUT2D eigenvalue weighted by atomic mass is 10.0. The van der Waals surface area contributed by atoms with Crippen molar-refractivity contribution in [1.82, 2.24) is 5.43 Å². The normalized spacial score (nSPS) is 12.4. The minimum absolute atomic E-state index is 0.139. The summed E-state index contributed by atoms with van der Waals surface area (Å²) < 4.78 is 77.0. The molecule has 0 spiro atoms. The van der Waals surface area contributed by atoms with Crippen molar-refractivity contribution in [2.24, 2.45) is 5.10 Å². The molecule has 0 bridgehead atoms. The number of amides is 1. The molecule has 4 nitrogen and oxygen atoms in total. The van der Waals surface area contributed by atoms with Crippen LogP contribution in [0.25, 0.3) is 0 Å². The van der Waals surface area contributed by atoms with Crippen LogP contribution in [-0.4, -0.2) is 17.2 Å². The highest BCUT2D eigenvalue weighted by Gasteiger charge is 2.39. The molecular formula is C16H10F6N2O2. The predicted molar refractivity (Wildman–Crippen MR) is 79.6 cm³/mol. The first-order valence-corrected chi connectivity index (χ1v) is 6.90. The molecule has 0 saturated heterocycles. The van der Waals surface area contributed by atoms with Crippen LogP contribution in [0, 0.1) is 0 Å². The molecule has 10 heteroatoms. The molecule has 0 aliphatic carbocycles. The van der Waals surface area contributed by atoms with E-state index in [0.717, 1.165) is 0 Å². The maximum atomic E-state index is 13.0. The largest absolute Gasteiger partial charge is 0.507 e. The number of rotatable bonds is 3. The van der Waals surface area contributed by atoms with Crippen LogP contribution >= 0.6 is 0 Å². The fourth-order valence-electron chi connectivity index (χ4n) is 1.98. The van der Waals surface area contributed by atoms with Gasteiger partial charge in [-0.3, -0.25) is 4.79 Å². The maximum absolute atomic E-state index is 13.0. The van der Waals surface area contributed by atoms with E-state index in [1.807, 2.05) is 5.43 Å². The van der Waals surface area contributed by atoms with Crippen molar-refractivity contribution in [1.29, 1.82) is 0 Å². The number of nitrogens with one attached hydrogen (secondary N) is 1. The molecule has 26 heavy (non-hydrogen) atoms. The minimum atomic E-state index is -5.18. The standard InChI is InChI=1S/C16H10F6N2O2/c17-15(18,19)10-6-12(16(20,21)22)11(13(25)7-10)8-23-24-14(26)9-4-2-1-3-5-9/h1-8,25H,(H,24,26)/b23-8+. The number of aromatic hydroxyl groups is 1. The van der Waals surface area contributed by atoms with E-state index in [2.05, 4.69) is 5.10 Å². The van der Waals surface area contributed by atoms with Crippen LogP contribution in [0.2, 0.25) is 0 Å². The third-order valence-electron chi connectivity index (χ3n) is 3.19. The van der Waals surface area contributed by atoms with E-state index < -0.39 is 40.7 Å². The Morgan fingerprint density at radius 2 is 1.62 bits per heavy atom. The van der Waals surface area contributed by atoms with E-state index in [0.29, 0.717) is 6.21 Å². The van der Waals surface area contributed by atoms with Crippen LogP contribution in [-0.2, 0) is 12.4 Å². The Morgan fingerprint density at radius 1 is 1.00 bits per heavy atom. The average Bonchev–Trinajstić information content (AvgIpc) is 2.54. The van der Waals surface area contributed by atoms with E-state index in [1.54, 1.807) is 18.2 Å². The summed E-state index contributed by atoms with van der Waals surface area (Å²) in [5.41, 5.74) is -2.30. The quantitative estimate of drug-likeness (QED) is 0.479. The molecule has 0 aromatic heterocycles. The van der Waals surface area contributed by atoms with Crippen molar-refractivity contribution >= 4 is 12.1 Å². The number of hydrazone groups is 1. The highest BCUT2D eigenvalue weighted by molar-refractivity contribution is 5.95. The molecule has 0 radical (unpaired) electrons. The second kappa shape index (κ2) is 7.06. The Labute approximate surface area is 142 Å². The summed E-state index contributed by atoms with van der Waals surface area (Å²) in [6.45, 7) is 0. The third kappa shape index (κ3) is 4.52. The molecule has 1 amide bonds. The average molecular weight is 376 g/mol. The summed E-state index contributed by atoms with van der Waals surface area (Å²) in [6, 6.07) is 7.57. The Balaban J connectivity index is 2.35. The van der Waals surface area contributed by atoms with Crippen molar-refractivity contribution in [2.75, 3.05) is 0 Å². The molecule has 0 heterocycles. The summed E-state index contributed by atoms with van der Waals surface area (Å²) in [4.78, 5) is 11.7. The summed E-state index contributed by atoms with van der Waals surface area (Å²) in [6.07, 6.45) is -9.82. The number of alkyl halides is 6. The molecular weight excluding hydrogens is 366 g/mol. The van der Waals surface area contributed by atoms with Gasteiger partial charge >= 0.3 is 12.4 Å². The van der Waals surface area contributed by atoms with Crippen LogP contribution in [0.1, 0.15) is 27.0 Å². The van der Waals surface area contributed by atoms with Crippen molar-refractivity contribution in [3.63, 3.8) is 0 Å². The van der Waals surface area contributed by atoms with E-state index in [9.17, 15) is 36.2 Å². The van der Waals surface area contributed by atoms with Crippen LogP contribution in [0.5, 0.6) is 5.75 Å². The topological polar surface area (TPSA) is 61.7 Å². The number of phenolic OH excluding ortho intramolecular Hbond substituents is 1. The third-order valence-corrected chi connectivity index (χ3v) is 3.19. The van der Waals surface area contributed by atoms with Gasteiger partial charge in [0.2, 0.25) is 0 Å². The van der Waals surface area contributed by atoms with Gasteiger partial charge in [-0.15, -0.1) is 0 Å². The molecule has 138 valence electrons. The molecule has 2 aromatic carbocycles. The van der Waals surface area contributed by atoms with Crippen LogP contribution in [0.15, 0.2) is 47.6 Å². The van der Waals surface area contributed by atoms with E-state index >= 15 is 0 Å². The van der Waals surface area contributed by atoms with Gasteiger partial charge in [-0.2, -0.15) is 31.4 Å². The zero-order valence-electron chi connectivity index (χ0n) is 12.7. The first-order chi connectivity index (χ1) is 12.0. The van der Waals surface area contributed by atoms with Crippen molar-refractivity contribution in [3.8, 4) is 5.75 Å². The number of halogens is 6. The van der Waals surface area contributed by atoms with Crippen LogP contribution in [0.4, 0.5) is 26.3 Å². The molecule has 2 N–H and O–H groups in total. The Kier molecular flexibility index (Phi) is 5.24. The fourth-order valence-corrected chi connectivity index (χ4v) is 1.98. The highest BCUT2D eigenvalue weighted by Crippen LogP contribution is 2.40. The number of carbonyl (C=O) groups excluding carboxylic acids is 1. The van der Waals surface area contributed by atoms with Gasteiger partial charge in [-0.05, 0) is 24.3 Å². The smallest absolute Gasteiger partial charge is 0.417 e. The Morgan fingerprint density at radius 3 is 2.15 bits per heavy atom. The first kappa shape index (κ1) is 19.3. The Bertz CT molecular complexity index is 829. The van der Waals surface area contributed by atoms with E-state index in [1.165, 1.54) is 12.1 Å². The lowest BCUT2D eigenvalue weighted by Crippen LogP contribution is -2.18. The monoisotopic (exact) mass is 376 g/mol. The van der Waals surface area contributed by atoms with Gasteiger partial charge in [0.1, 0.15) is 5.75 Å². The molecule has 0 saturated carbocycles. The van der Waals surface area contributed by atoms with Crippen LogP contribution < -0.4 is 5.43 Å². The molecule has 2 rings (SSSR count). The van der Waals surface area contributed by atoms with Crippen molar-refractivity contribution in [2.45, 2.75) is 12.4 Å². The minimum Gasteiger partial charge on any atom is -0.507 e. The number of nitrogens with zero attached hydrogens (tertiary/aromatic N) is 1. The number of benzene rings is 2. The number of phenols is 1. The van der Waals surface area contributed by atoms with Gasteiger partial charge in [0.25, 0.3) is 5.91 Å². The van der Waals surface area contributed by atoms with Gasteiger partial charge < -0.3 is 5.11 Å². The molecule has 0 unspecified atom stereocenters. The number of hydrogen-bond donors (Lipinski definition) is 2. The molecule has 0 aliphatic heterocycles. The predicted octanol–water partition coefficient (Wildman–Crippen LogP) is 4.19. The lowest BCUT2D eigenvalue weighted by molar-refractivity contribution is -0.143. The number of carbonyl (C=O) groups is 1. The second-order valence-electron chi connectivity index (χ2n) is 5.02. The summed E-state index contributed by atoms with van der Waals surface area (Å²) in [7, 11) is 0. The Hall–Kier alpha value is -3.04. The van der Waals surface area contributed by atoms with Gasteiger partial charge in [-0.1, -0.05) is 18.2 Å². The highest BCUT2D eigenvalue weighted by atomic mass is 19.4. The van der Waals surface area contributed by atoms with Gasteiger partial charge in [0.15, 0.2) is 0 Å². The molecule has 0 fully saturated rings. The van der Waals surface area contributed by atoms with Crippen molar-refractivity contribution < 1.29 is 36.2 Å². The van der Waals surface area contributed by atoms with E-state index in [4.69, 9.17) is 0 Å². The maximum Gasteiger partial charge on any atom is 0.417 e. The summed E-state index contributed by atoms with van der Waals surface area (Å²) in [5, 5.41) is 12.9. The molecule has 0 aliphatic rings. The van der Waals surface area contributed by atoms with Gasteiger partial charge in [0.05, 0.1) is 17.3 Å². The van der Waals surface area contributed by atoms with Gasteiger partial charge in [-0.25, -0.2) is 5.43 Å². The zero-order valence-corrected chi connectivity index (χ0v) is 12.7.